The molecule has 3 N–H and O–H groups in total. The van der Waals surface area contributed by atoms with E-state index in [1.54, 1.807) is 0 Å². The first-order chi connectivity index (χ1) is 12.6. The molecule has 0 spiro atoms. The summed E-state index contributed by atoms with van der Waals surface area (Å²) in [6, 6.07) is 11.7. The van der Waals surface area contributed by atoms with Gasteiger partial charge in [0.2, 0.25) is 0 Å². The highest BCUT2D eigenvalue weighted by atomic mass is 35.5. The van der Waals surface area contributed by atoms with E-state index in [2.05, 4.69) is 5.32 Å². The lowest BCUT2D eigenvalue weighted by atomic mass is 9.95. The molecule has 26 heavy (non-hydrogen) atoms. The van der Waals surface area contributed by atoms with Gasteiger partial charge in [0.15, 0.2) is 0 Å². The van der Waals surface area contributed by atoms with Gasteiger partial charge in [0.1, 0.15) is 9.71 Å². The average molecular weight is 386 g/mol. The molecule has 4 rings (SSSR count). The number of carbonyl (C=O) groups is 1. The largest absolute Gasteiger partial charge is 0.397 e. The summed E-state index contributed by atoms with van der Waals surface area (Å²) in [5, 5.41) is 4.66. The summed E-state index contributed by atoms with van der Waals surface area (Å²) in [5.74, 6) is -0.0783. The van der Waals surface area contributed by atoms with E-state index in [-0.39, 0.29) is 11.9 Å². The number of hydrogen-bond donors (Lipinski definition) is 2. The molecule has 1 aromatic carbocycles. The van der Waals surface area contributed by atoms with Crippen molar-refractivity contribution in [1.29, 1.82) is 0 Å². The molecule has 1 saturated carbocycles. The SMILES string of the molecule is Nc1c(C(=O)NC2CCCCC2)sc2nc(-c3ccc(Cl)cc3)ccc12. The number of fused-ring (bicyclic) bond motifs is 1. The molecule has 2 heterocycles. The van der Waals surface area contributed by atoms with Gasteiger partial charge in [-0.15, -0.1) is 11.3 Å². The van der Waals surface area contributed by atoms with Crippen molar-refractivity contribution in [2.45, 2.75) is 38.1 Å². The Balaban J connectivity index is 1.63. The first kappa shape index (κ1) is 17.3. The average Bonchev–Trinajstić information content (AvgIpc) is 2.99. The lowest BCUT2D eigenvalue weighted by Gasteiger charge is -2.22. The van der Waals surface area contributed by atoms with Crippen LogP contribution in [0.2, 0.25) is 5.02 Å². The number of rotatable bonds is 3. The van der Waals surface area contributed by atoms with Gasteiger partial charge < -0.3 is 11.1 Å². The van der Waals surface area contributed by atoms with Crippen molar-refractivity contribution in [3.05, 3.63) is 46.3 Å². The van der Waals surface area contributed by atoms with Crippen LogP contribution in [0, 0.1) is 0 Å². The zero-order chi connectivity index (χ0) is 18.1. The van der Waals surface area contributed by atoms with Crippen LogP contribution >= 0.6 is 22.9 Å². The van der Waals surface area contributed by atoms with Crippen molar-refractivity contribution in [3.63, 3.8) is 0 Å². The number of pyridine rings is 1. The highest BCUT2D eigenvalue weighted by Crippen LogP contribution is 2.34. The van der Waals surface area contributed by atoms with Gasteiger partial charge in [-0.1, -0.05) is 43.0 Å². The van der Waals surface area contributed by atoms with Gasteiger partial charge in [-0.25, -0.2) is 4.98 Å². The van der Waals surface area contributed by atoms with E-state index < -0.39 is 0 Å². The highest BCUT2D eigenvalue weighted by molar-refractivity contribution is 7.21. The number of amides is 1. The molecule has 1 fully saturated rings. The fourth-order valence-corrected chi connectivity index (χ4v) is 4.57. The first-order valence-corrected chi connectivity index (χ1v) is 10.1. The van der Waals surface area contributed by atoms with Crippen LogP contribution in [0.3, 0.4) is 0 Å². The Kier molecular flexibility index (Phi) is 4.83. The lowest BCUT2D eigenvalue weighted by molar-refractivity contribution is 0.0932. The molecule has 0 saturated heterocycles. The molecule has 1 aliphatic rings. The summed E-state index contributed by atoms with van der Waals surface area (Å²) in [4.78, 5) is 18.7. The fourth-order valence-electron chi connectivity index (χ4n) is 3.45. The van der Waals surface area contributed by atoms with Crippen molar-refractivity contribution in [3.8, 4) is 11.3 Å². The van der Waals surface area contributed by atoms with Gasteiger partial charge in [0.05, 0.1) is 11.4 Å². The lowest BCUT2D eigenvalue weighted by Crippen LogP contribution is -2.36. The minimum atomic E-state index is -0.0783. The monoisotopic (exact) mass is 385 g/mol. The van der Waals surface area contributed by atoms with E-state index in [0.29, 0.717) is 15.6 Å². The van der Waals surface area contributed by atoms with E-state index in [1.807, 2.05) is 36.4 Å². The number of nitrogens with two attached hydrogens (primary N) is 1. The Hall–Kier alpha value is -2.11. The minimum Gasteiger partial charge on any atom is -0.397 e. The van der Waals surface area contributed by atoms with E-state index in [4.69, 9.17) is 22.3 Å². The third-order valence-electron chi connectivity index (χ3n) is 4.88. The van der Waals surface area contributed by atoms with Crippen LogP contribution in [-0.2, 0) is 0 Å². The van der Waals surface area contributed by atoms with Gasteiger partial charge >= 0.3 is 0 Å². The molecule has 0 atom stereocenters. The molecule has 0 radical (unpaired) electrons. The van der Waals surface area contributed by atoms with Crippen LogP contribution in [0.15, 0.2) is 36.4 Å². The zero-order valence-corrected chi connectivity index (χ0v) is 15.9. The summed E-state index contributed by atoms with van der Waals surface area (Å²) in [7, 11) is 0. The smallest absolute Gasteiger partial charge is 0.263 e. The fraction of sp³-hybridized carbons (Fsp3) is 0.300. The molecular formula is C20H20ClN3OS. The summed E-state index contributed by atoms with van der Waals surface area (Å²) < 4.78 is 0. The number of thiophene rings is 1. The van der Waals surface area contributed by atoms with Crippen molar-refractivity contribution < 1.29 is 4.79 Å². The van der Waals surface area contributed by atoms with Gasteiger partial charge in [-0.3, -0.25) is 4.79 Å². The van der Waals surface area contributed by atoms with Gasteiger partial charge in [-0.2, -0.15) is 0 Å². The number of hydrogen-bond acceptors (Lipinski definition) is 4. The molecule has 134 valence electrons. The Labute approximate surface area is 161 Å². The molecule has 6 heteroatoms. The molecular weight excluding hydrogens is 366 g/mol. The molecule has 3 aromatic rings. The quantitative estimate of drug-likeness (QED) is 0.646. The second-order valence-corrected chi connectivity index (χ2v) is 8.14. The number of nitrogens with one attached hydrogen (secondary N) is 1. The number of benzene rings is 1. The summed E-state index contributed by atoms with van der Waals surface area (Å²) >= 11 is 7.31. The highest BCUT2D eigenvalue weighted by Gasteiger charge is 2.21. The van der Waals surface area contributed by atoms with Crippen molar-refractivity contribution in [2.24, 2.45) is 0 Å². The maximum absolute atomic E-state index is 12.7. The Morgan fingerprint density at radius 1 is 1.12 bits per heavy atom. The molecule has 0 bridgehead atoms. The third kappa shape index (κ3) is 3.41. The second kappa shape index (κ2) is 7.25. The number of aromatic nitrogens is 1. The number of halogens is 1. The normalized spacial score (nSPS) is 15.3. The molecule has 4 nitrogen and oxygen atoms in total. The predicted octanol–water partition coefficient (Wildman–Crippen LogP) is 5.26. The van der Waals surface area contributed by atoms with Crippen LogP contribution < -0.4 is 11.1 Å². The maximum Gasteiger partial charge on any atom is 0.263 e. The molecule has 0 aliphatic heterocycles. The van der Waals surface area contributed by atoms with E-state index in [9.17, 15) is 4.79 Å². The van der Waals surface area contributed by atoms with Gasteiger partial charge in [0, 0.05) is 22.0 Å². The predicted molar refractivity (Wildman–Crippen MR) is 109 cm³/mol. The van der Waals surface area contributed by atoms with Gasteiger partial charge in [-0.05, 0) is 37.1 Å². The Bertz CT molecular complexity index is 946. The van der Waals surface area contributed by atoms with Crippen LogP contribution in [0.4, 0.5) is 5.69 Å². The summed E-state index contributed by atoms with van der Waals surface area (Å²) in [5.41, 5.74) is 8.59. The van der Waals surface area contributed by atoms with E-state index >= 15 is 0 Å². The zero-order valence-electron chi connectivity index (χ0n) is 14.3. The van der Waals surface area contributed by atoms with E-state index in [1.165, 1.54) is 30.6 Å². The third-order valence-corrected chi connectivity index (χ3v) is 6.25. The van der Waals surface area contributed by atoms with Crippen LogP contribution in [0.5, 0.6) is 0 Å². The number of nitrogen functional groups attached to an aromatic ring is 1. The molecule has 1 aliphatic carbocycles. The Morgan fingerprint density at radius 2 is 1.85 bits per heavy atom. The summed E-state index contributed by atoms with van der Waals surface area (Å²) in [6.45, 7) is 0. The maximum atomic E-state index is 12.7. The van der Waals surface area contributed by atoms with Crippen LogP contribution in [0.1, 0.15) is 41.8 Å². The van der Waals surface area contributed by atoms with Crippen LogP contribution in [0.25, 0.3) is 21.5 Å². The molecule has 0 unspecified atom stereocenters. The van der Waals surface area contributed by atoms with Crippen molar-refractivity contribution in [1.82, 2.24) is 10.3 Å². The topological polar surface area (TPSA) is 68.0 Å². The number of anilines is 1. The molecule has 1 amide bonds. The van der Waals surface area contributed by atoms with Crippen molar-refractivity contribution in [2.75, 3.05) is 5.73 Å². The Morgan fingerprint density at radius 3 is 2.58 bits per heavy atom. The minimum absolute atomic E-state index is 0.0783. The molecule has 2 aromatic heterocycles. The number of carbonyl (C=O) groups excluding carboxylic acids is 1. The van der Waals surface area contributed by atoms with Crippen molar-refractivity contribution >= 4 is 44.7 Å². The first-order valence-electron chi connectivity index (χ1n) is 8.87. The standard InChI is InChI=1S/C20H20ClN3OS/c21-13-8-6-12(7-9-13)16-11-10-15-17(22)18(26-20(15)24-16)19(25)23-14-4-2-1-3-5-14/h6-11,14H,1-5,22H2,(H,23,25). The van der Waals surface area contributed by atoms with Gasteiger partial charge in [0.25, 0.3) is 5.91 Å². The summed E-state index contributed by atoms with van der Waals surface area (Å²) in [6.07, 6.45) is 5.72. The second-order valence-electron chi connectivity index (χ2n) is 6.71. The van der Waals surface area contributed by atoms with E-state index in [0.717, 1.165) is 34.3 Å². The number of nitrogens with zero attached hydrogens (tertiary/aromatic N) is 1. The van der Waals surface area contributed by atoms with Crippen LogP contribution in [-0.4, -0.2) is 16.9 Å².